The van der Waals surface area contributed by atoms with E-state index >= 15 is 0 Å². The molecule has 3 aromatic rings. The van der Waals surface area contributed by atoms with Gasteiger partial charge in [0, 0.05) is 18.7 Å². The number of aryl methyl sites for hydroxylation is 3. The van der Waals surface area contributed by atoms with Crippen LogP contribution in [-0.4, -0.2) is 30.3 Å². The zero-order chi connectivity index (χ0) is 25.9. The highest BCUT2D eigenvalue weighted by Gasteiger charge is 2.35. The highest BCUT2D eigenvalue weighted by Crippen LogP contribution is 2.39. The van der Waals surface area contributed by atoms with Gasteiger partial charge in [-0.05, 0) is 76.0 Å². The van der Waals surface area contributed by atoms with Crippen LogP contribution in [0.2, 0.25) is 0 Å². The first-order valence-electron chi connectivity index (χ1n) is 12.5. The van der Waals surface area contributed by atoms with Gasteiger partial charge in [0.15, 0.2) is 0 Å². The van der Waals surface area contributed by atoms with Crippen molar-refractivity contribution < 1.29 is 17.7 Å². The molecule has 0 bridgehead atoms. The summed E-state index contributed by atoms with van der Waals surface area (Å²) in [5.74, 6) is 0.355. The van der Waals surface area contributed by atoms with Crippen molar-refractivity contribution in [2.75, 3.05) is 6.54 Å². The van der Waals surface area contributed by atoms with Crippen molar-refractivity contribution in [2.24, 2.45) is 17.6 Å². The average molecular weight is 510 g/mol. The summed E-state index contributed by atoms with van der Waals surface area (Å²) in [6.07, 6.45) is 3.33. The van der Waals surface area contributed by atoms with Gasteiger partial charge in [0.05, 0.1) is 16.5 Å². The molecule has 1 heterocycles. The number of primary amides is 1. The molecule has 0 radical (unpaired) electrons. The van der Waals surface area contributed by atoms with Gasteiger partial charge in [0.1, 0.15) is 5.76 Å². The van der Waals surface area contributed by atoms with Gasteiger partial charge in [0.25, 0.3) is 0 Å². The van der Waals surface area contributed by atoms with Gasteiger partial charge >= 0.3 is 0 Å². The number of aromatic nitrogens is 1. The third-order valence-electron chi connectivity index (χ3n) is 7.46. The molecule has 1 fully saturated rings. The van der Waals surface area contributed by atoms with E-state index in [9.17, 15) is 13.2 Å². The summed E-state index contributed by atoms with van der Waals surface area (Å²) in [6.45, 7) is 6.28. The smallest absolute Gasteiger partial charge is 0.243 e. The van der Waals surface area contributed by atoms with Crippen LogP contribution in [0.4, 0.5) is 0 Å². The number of amides is 1. The molecule has 1 saturated carbocycles. The standard InChI is InChI=1S/C28H35N3O4S/c1-19-9-13-23(14-10-19)27(28(29)32)24-15-11-22(12-16-24)17-31(18-26-20(2)30-35-21(26)3)36(33,34)25-7-5-4-6-8-25/h4-10,13-14,22,24,27H,11-12,15-18H2,1-3H3,(H2,29,32). The Bertz CT molecular complexity index is 1260. The quantitative estimate of drug-likeness (QED) is 0.443. The fourth-order valence-corrected chi connectivity index (χ4v) is 6.83. The number of carbonyl (C=O) groups excluding carboxylic acids is 1. The normalized spacial score (nSPS) is 19.3. The molecule has 36 heavy (non-hydrogen) atoms. The summed E-state index contributed by atoms with van der Waals surface area (Å²) in [7, 11) is -3.71. The molecular formula is C28H35N3O4S. The van der Waals surface area contributed by atoms with Gasteiger partial charge in [0.2, 0.25) is 15.9 Å². The van der Waals surface area contributed by atoms with Crippen LogP contribution in [-0.2, 0) is 21.4 Å². The minimum absolute atomic E-state index is 0.156. The summed E-state index contributed by atoms with van der Waals surface area (Å²) in [4.78, 5) is 12.7. The van der Waals surface area contributed by atoms with Crippen LogP contribution in [0.3, 0.4) is 0 Å². The fraction of sp³-hybridized carbons (Fsp3) is 0.429. The number of hydrogen-bond acceptors (Lipinski definition) is 5. The maximum atomic E-state index is 13.6. The van der Waals surface area contributed by atoms with Gasteiger partial charge < -0.3 is 10.3 Å². The van der Waals surface area contributed by atoms with Crippen molar-refractivity contribution in [1.29, 1.82) is 0 Å². The number of carbonyl (C=O) groups is 1. The molecule has 0 saturated heterocycles. The van der Waals surface area contributed by atoms with Crippen LogP contribution in [0, 0.1) is 32.6 Å². The van der Waals surface area contributed by atoms with E-state index in [4.69, 9.17) is 10.3 Å². The summed E-state index contributed by atoms with van der Waals surface area (Å²) in [6, 6.07) is 16.6. The number of hydrogen-bond donors (Lipinski definition) is 1. The van der Waals surface area contributed by atoms with Crippen LogP contribution >= 0.6 is 0 Å². The van der Waals surface area contributed by atoms with Crippen molar-refractivity contribution in [3.8, 4) is 0 Å². The lowest BCUT2D eigenvalue weighted by molar-refractivity contribution is -0.121. The second-order valence-electron chi connectivity index (χ2n) is 9.98. The van der Waals surface area contributed by atoms with E-state index in [2.05, 4.69) is 5.16 Å². The number of benzene rings is 2. The van der Waals surface area contributed by atoms with Gasteiger partial charge in [-0.1, -0.05) is 53.2 Å². The Hall–Kier alpha value is -2.97. The Morgan fingerprint density at radius 3 is 2.22 bits per heavy atom. The molecule has 7 nitrogen and oxygen atoms in total. The average Bonchev–Trinajstić information content (AvgIpc) is 3.18. The zero-order valence-corrected chi connectivity index (χ0v) is 22.0. The van der Waals surface area contributed by atoms with Crippen molar-refractivity contribution in [2.45, 2.75) is 63.8 Å². The Labute approximate surface area is 213 Å². The Morgan fingerprint density at radius 2 is 1.67 bits per heavy atom. The first kappa shape index (κ1) is 26.1. The molecule has 1 atom stereocenters. The highest BCUT2D eigenvalue weighted by molar-refractivity contribution is 7.89. The van der Waals surface area contributed by atoms with Crippen LogP contribution in [0.5, 0.6) is 0 Å². The second-order valence-corrected chi connectivity index (χ2v) is 11.9. The third-order valence-corrected chi connectivity index (χ3v) is 9.29. The summed E-state index contributed by atoms with van der Waals surface area (Å²) >= 11 is 0. The van der Waals surface area contributed by atoms with E-state index < -0.39 is 10.0 Å². The molecule has 4 rings (SSSR count). The summed E-state index contributed by atoms with van der Waals surface area (Å²) in [5, 5.41) is 4.01. The lowest BCUT2D eigenvalue weighted by atomic mass is 9.73. The van der Waals surface area contributed by atoms with Crippen molar-refractivity contribution >= 4 is 15.9 Å². The van der Waals surface area contributed by atoms with E-state index in [1.54, 1.807) is 28.6 Å². The molecule has 1 aliphatic carbocycles. The van der Waals surface area contributed by atoms with E-state index in [1.807, 2.05) is 51.1 Å². The van der Waals surface area contributed by atoms with Crippen LogP contribution in [0.15, 0.2) is 64.0 Å². The molecular weight excluding hydrogens is 474 g/mol. The van der Waals surface area contributed by atoms with E-state index in [1.165, 1.54) is 0 Å². The van der Waals surface area contributed by atoms with Crippen LogP contribution < -0.4 is 5.73 Å². The molecule has 1 unspecified atom stereocenters. The lowest BCUT2D eigenvalue weighted by Gasteiger charge is -2.35. The third kappa shape index (κ3) is 5.71. The molecule has 0 aliphatic heterocycles. The molecule has 0 spiro atoms. The van der Waals surface area contributed by atoms with Crippen molar-refractivity contribution in [3.05, 3.63) is 82.7 Å². The SMILES string of the molecule is Cc1ccc(C(C(N)=O)C2CCC(CN(Cc3c(C)noc3C)S(=O)(=O)c3ccccc3)CC2)cc1. The maximum absolute atomic E-state index is 13.6. The largest absolute Gasteiger partial charge is 0.369 e. The van der Waals surface area contributed by atoms with Gasteiger partial charge in [-0.15, -0.1) is 0 Å². The fourth-order valence-electron chi connectivity index (χ4n) is 5.33. The van der Waals surface area contributed by atoms with Crippen LogP contribution in [0.1, 0.15) is 59.7 Å². The minimum Gasteiger partial charge on any atom is -0.369 e. The van der Waals surface area contributed by atoms with Gasteiger partial charge in [-0.3, -0.25) is 4.79 Å². The Balaban J connectivity index is 1.51. The topological polar surface area (TPSA) is 106 Å². The Kier molecular flexibility index (Phi) is 7.95. The number of nitrogens with zero attached hydrogens (tertiary/aromatic N) is 2. The predicted octanol–water partition coefficient (Wildman–Crippen LogP) is 4.87. The molecule has 2 aromatic carbocycles. The first-order chi connectivity index (χ1) is 17.2. The van der Waals surface area contributed by atoms with Gasteiger partial charge in [-0.25, -0.2) is 8.42 Å². The van der Waals surface area contributed by atoms with E-state index in [0.29, 0.717) is 18.0 Å². The maximum Gasteiger partial charge on any atom is 0.243 e. The first-order valence-corrected chi connectivity index (χ1v) is 13.9. The molecule has 192 valence electrons. The second kappa shape index (κ2) is 11.0. The van der Waals surface area contributed by atoms with Crippen molar-refractivity contribution in [3.63, 3.8) is 0 Å². The molecule has 8 heteroatoms. The molecule has 1 aromatic heterocycles. The van der Waals surface area contributed by atoms with Gasteiger partial charge in [-0.2, -0.15) is 4.31 Å². The Morgan fingerprint density at radius 1 is 1.03 bits per heavy atom. The molecule has 1 amide bonds. The molecule has 1 aliphatic rings. The number of sulfonamides is 1. The number of rotatable bonds is 9. The van der Waals surface area contributed by atoms with Crippen LogP contribution in [0.25, 0.3) is 0 Å². The van der Waals surface area contributed by atoms with Crippen molar-refractivity contribution in [1.82, 2.24) is 9.46 Å². The highest BCUT2D eigenvalue weighted by atomic mass is 32.2. The number of nitrogens with two attached hydrogens (primary N) is 1. The zero-order valence-electron chi connectivity index (χ0n) is 21.2. The lowest BCUT2D eigenvalue weighted by Crippen LogP contribution is -2.37. The molecule has 2 N–H and O–H groups in total. The summed E-state index contributed by atoms with van der Waals surface area (Å²) < 4.78 is 34.1. The van der Waals surface area contributed by atoms with E-state index in [-0.39, 0.29) is 35.1 Å². The summed E-state index contributed by atoms with van der Waals surface area (Å²) in [5.41, 5.74) is 9.44. The monoisotopic (exact) mass is 509 g/mol. The van der Waals surface area contributed by atoms with E-state index in [0.717, 1.165) is 42.4 Å². The predicted molar refractivity (Wildman–Crippen MR) is 139 cm³/mol. The minimum atomic E-state index is -3.71.